The first-order valence-corrected chi connectivity index (χ1v) is 5.56. The lowest BCUT2D eigenvalue weighted by atomic mass is 10.1. The van der Waals surface area contributed by atoms with Gasteiger partial charge in [0.25, 0.3) is 0 Å². The topological polar surface area (TPSA) is 61.8 Å². The van der Waals surface area contributed by atoms with Crippen LogP contribution in [0.2, 0.25) is 0 Å². The molecule has 0 saturated carbocycles. The Morgan fingerprint density at radius 1 is 1.05 bits per heavy atom. The first kappa shape index (κ1) is 14.8. The average molecular weight is 264 g/mol. The second-order valence-corrected chi connectivity index (χ2v) is 3.72. The number of carbonyl (C=O) groups is 2. The van der Waals surface area contributed by atoms with E-state index in [9.17, 15) is 9.59 Å². The SMILES string of the molecule is COC(=O)/C(=C\c1ccc(OC)c(OC)c1)C(C)=O. The minimum absolute atomic E-state index is 0.0188. The van der Waals surface area contributed by atoms with Crippen LogP contribution in [0.5, 0.6) is 11.5 Å². The number of carbonyl (C=O) groups excluding carboxylic acids is 2. The number of hydrogen-bond acceptors (Lipinski definition) is 5. The number of benzene rings is 1. The molecule has 0 amide bonds. The van der Waals surface area contributed by atoms with Gasteiger partial charge in [0.1, 0.15) is 5.57 Å². The van der Waals surface area contributed by atoms with Gasteiger partial charge in [0.05, 0.1) is 21.3 Å². The van der Waals surface area contributed by atoms with E-state index in [1.807, 2.05) is 0 Å². The van der Waals surface area contributed by atoms with Crippen molar-refractivity contribution in [3.63, 3.8) is 0 Å². The van der Waals surface area contributed by atoms with Gasteiger partial charge in [-0.05, 0) is 30.7 Å². The lowest BCUT2D eigenvalue weighted by Crippen LogP contribution is -2.11. The standard InChI is InChI=1S/C14H16O5/c1-9(15)11(14(16)19-4)7-10-5-6-12(17-2)13(8-10)18-3/h5-8H,1-4H3/b11-7-. The van der Waals surface area contributed by atoms with Crippen molar-refractivity contribution in [1.82, 2.24) is 0 Å². The molecule has 0 unspecified atom stereocenters. The van der Waals surface area contributed by atoms with Crippen molar-refractivity contribution in [2.24, 2.45) is 0 Å². The molecule has 0 fully saturated rings. The quantitative estimate of drug-likeness (QED) is 0.351. The Morgan fingerprint density at radius 2 is 1.68 bits per heavy atom. The smallest absolute Gasteiger partial charge is 0.341 e. The van der Waals surface area contributed by atoms with Gasteiger partial charge in [0, 0.05) is 0 Å². The highest BCUT2D eigenvalue weighted by Crippen LogP contribution is 2.28. The minimum Gasteiger partial charge on any atom is -0.493 e. The first-order valence-electron chi connectivity index (χ1n) is 5.56. The Morgan fingerprint density at radius 3 is 2.16 bits per heavy atom. The summed E-state index contributed by atoms with van der Waals surface area (Å²) in [6.07, 6.45) is 1.45. The highest BCUT2D eigenvalue weighted by molar-refractivity contribution is 6.19. The summed E-state index contributed by atoms with van der Waals surface area (Å²) in [6, 6.07) is 5.08. The summed E-state index contributed by atoms with van der Waals surface area (Å²) in [6.45, 7) is 1.31. The van der Waals surface area contributed by atoms with Crippen LogP contribution in [0.4, 0.5) is 0 Å². The van der Waals surface area contributed by atoms with E-state index in [1.54, 1.807) is 18.2 Å². The van der Waals surface area contributed by atoms with Gasteiger partial charge in [-0.25, -0.2) is 4.79 Å². The van der Waals surface area contributed by atoms with E-state index in [0.717, 1.165) is 0 Å². The van der Waals surface area contributed by atoms with Crippen LogP contribution in [0.1, 0.15) is 12.5 Å². The van der Waals surface area contributed by atoms with Gasteiger partial charge in [-0.3, -0.25) is 4.79 Å². The van der Waals surface area contributed by atoms with Gasteiger partial charge in [0.15, 0.2) is 17.3 Å². The van der Waals surface area contributed by atoms with Crippen molar-refractivity contribution in [3.8, 4) is 11.5 Å². The lowest BCUT2D eigenvalue weighted by Gasteiger charge is -2.08. The Hall–Kier alpha value is -2.30. The molecule has 0 aromatic heterocycles. The van der Waals surface area contributed by atoms with Crippen LogP contribution in [-0.2, 0) is 14.3 Å². The summed E-state index contributed by atoms with van der Waals surface area (Å²) in [5.74, 6) is 0.0648. The van der Waals surface area contributed by atoms with Crippen LogP contribution < -0.4 is 9.47 Å². The molecule has 0 saturated heterocycles. The molecule has 19 heavy (non-hydrogen) atoms. The summed E-state index contributed by atoms with van der Waals surface area (Å²) in [4.78, 5) is 22.9. The molecule has 1 rings (SSSR count). The molecule has 1 aromatic carbocycles. The van der Waals surface area contributed by atoms with Gasteiger partial charge < -0.3 is 14.2 Å². The molecule has 0 heterocycles. The zero-order valence-corrected chi connectivity index (χ0v) is 11.4. The van der Waals surface area contributed by atoms with E-state index in [-0.39, 0.29) is 11.4 Å². The second-order valence-electron chi connectivity index (χ2n) is 3.72. The number of ether oxygens (including phenoxy) is 3. The molecule has 0 bridgehead atoms. The highest BCUT2D eigenvalue weighted by Gasteiger charge is 2.15. The van der Waals surface area contributed by atoms with Crippen molar-refractivity contribution in [2.45, 2.75) is 6.92 Å². The molecule has 0 aliphatic heterocycles. The molecule has 5 nitrogen and oxygen atoms in total. The fraction of sp³-hybridized carbons (Fsp3) is 0.286. The monoisotopic (exact) mass is 264 g/mol. The number of ketones is 1. The summed E-state index contributed by atoms with van der Waals surface area (Å²) in [7, 11) is 4.27. The van der Waals surface area contributed by atoms with E-state index in [4.69, 9.17) is 9.47 Å². The molecular weight excluding hydrogens is 248 g/mol. The number of esters is 1. The van der Waals surface area contributed by atoms with Crippen molar-refractivity contribution in [1.29, 1.82) is 0 Å². The lowest BCUT2D eigenvalue weighted by molar-refractivity contribution is -0.137. The second kappa shape index (κ2) is 6.58. The predicted octanol–water partition coefficient (Wildman–Crippen LogP) is 1.85. The zero-order valence-electron chi connectivity index (χ0n) is 11.4. The van der Waals surface area contributed by atoms with E-state index in [2.05, 4.69) is 4.74 Å². The number of rotatable bonds is 5. The van der Waals surface area contributed by atoms with Crippen LogP contribution in [0.3, 0.4) is 0 Å². The van der Waals surface area contributed by atoms with E-state index in [1.165, 1.54) is 34.3 Å². The van der Waals surface area contributed by atoms with Crippen molar-refractivity contribution < 1.29 is 23.8 Å². The van der Waals surface area contributed by atoms with E-state index in [0.29, 0.717) is 17.1 Å². The minimum atomic E-state index is -0.665. The van der Waals surface area contributed by atoms with Crippen LogP contribution in [0.15, 0.2) is 23.8 Å². The van der Waals surface area contributed by atoms with Gasteiger partial charge in [-0.1, -0.05) is 6.07 Å². The van der Waals surface area contributed by atoms with Crippen molar-refractivity contribution in [2.75, 3.05) is 21.3 Å². The van der Waals surface area contributed by atoms with Gasteiger partial charge in [0.2, 0.25) is 0 Å². The molecule has 0 aliphatic rings. The number of methoxy groups -OCH3 is 3. The summed E-state index contributed by atoms with van der Waals surface area (Å²) < 4.78 is 14.8. The predicted molar refractivity (Wildman–Crippen MR) is 70.2 cm³/mol. The highest BCUT2D eigenvalue weighted by atomic mass is 16.5. The van der Waals surface area contributed by atoms with Gasteiger partial charge in [-0.15, -0.1) is 0 Å². The molecule has 1 aromatic rings. The largest absolute Gasteiger partial charge is 0.493 e. The fourth-order valence-electron chi connectivity index (χ4n) is 1.52. The third kappa shape index (κ3) is 3.58. The first-order chi connectivity index (χ1) is 9.03. The maximum absolute atomic E-state index is 11.5. The molecule has 102 valence electrons. The fourth-order valence-corrected chi connectivity index (χ4v) is 1.52. The van der Waals surface area contributed by atoms with Gasteiger partial charge >= 0.3 is 5.97 Å². The van der Waals surface area contributed by atoms with Gasteiger partial charge in [-0.2, -0.15) is 0 Å². The normalized spacial score (nSPS) is 10.8. The Kier molecular flexibility index (Phi) is 5.11. The maximum atomic E-state index is 11.5. The van der Waals surface area contributed by atoms with Crippen LogP contribution in [0, 0.1) is 0 Å². The third-order valence-electron chi connectivity index (χ3n) is 2.50. The number of Topliss-reactive ketones (excluding diaryl/α,β-unsaturated/α-hetero) is 1. The Bertz CT molecular complexity index is 517. The molecule has 0 atom stereocenters. The van der Waals surface area contributed by atoms with Crippen LogP contribution >= 0.6 is 0 Å². The van der Waals surface area contributed by atoms with E-state index >= 15 is 0 Å². The molecular formula is C14H16O5. The number of hydrogen-bond donors (Lipinski definition) is 0. The van der Waals surface area contributed by atoms with Crippen LogP contribution in [-0.4, -0.2) is 33.1 Å². The van der Waals surface area contributed by atoms with Crippen molar-refractivity contribution >= 4 is 17.8 Å². The maximum Gasteiger partial charge on any atom is 0.341 e. The molecule has 0 aliphatic carbocycles. The molecule has 0 radical (unpaired) electrons. The summed E-state index contributed by atoms with van der Waals surface area (Å²) >= 11 is 0. The third-order valence-corrected chi connectivity index (χ3v) is 2.50. The average Bonchev–Trinajstić information content (AvgIpc) is 2.43. The zero-order chi connectivity index (χ0) is 14.4. The van der Waals surface area contributed by atoms with E-state index < -0.39 is 5.97 Å². The Balaban J connectivity index is 3.22. The summed E-state index contributed by atoms with van der Waals surface area (Å²) in [5, 5.41) is 0. The molecule has 0 N–H and O–H groups in total. The summed E-state index contributed by atoms with van der Waals surface area (Å²) in [5.41, 5.74) is 0.628. The van der Waals surface area contributed by atoms with Crippen molar-refractivity contribution in [3.05, 3.63) is 29.3 Å². The molecule has 5 heteroatoms. The molecule has 0 spiro atoms. The Labute approximate surface area is 111 Å². The van der Waals surface area contributed by atoms with Crippen LogP contribution in [0.25, 0.3) is 6.08 Å².